The molecule has 22 heavy (non-hydrogen) atoms. The number of hydrogen-bond donors (Lipinski definition) is 2. The van der Waals surface area contributed by atoms with Crippen molar-refractivity contribution in [3.8, 4) is 5.75 Å². The number of hydrogen-bond acceptors (Lipinski definition) is 4. The molecule has 0 spiro atoms. The summed E-state index contributed by atoms with van der Waals surface area (Å²) in [7, 11) is -2.11. The highest BCUT2D eigenvalue weighted by atomic mass is 32.2. The molecule has 0 saturated heterocycles. The van der Waals surface area contributed by atoms with E-state index < -0.39 is 10.0 Å². The monoisotopic (exact) mass is 321 g/mol. The summed E-state index contributed by atoms with van der Waals surface area (Å²) in [4.78, 5) is 0.215. The Hall–Kier alpha value is -2.05. The lowest BCUT2D eigenvalue weighted by Gasteiger charge is -2.12. The predicted molar refractivity (Wildman–Crippen MR) is 85.8 cm³/mol. The number of methoxy groups -OCH3 is 1. The van der Waals surface area contributed by atoms with Crippen molar-refractivity contribution in [2.45, 2.75) is 18.2 Å². The Morgan fingerprint density at radius 1 is 1.14 bits per heavy atom. The summed E-state index contributed by atoms with van der Waals surface area (Å²) >= 11 is 0. The second kappa shape index (κ2) is 6.81. The third-order valence-corrected chi connectivity index (χ3v) is 4.82. The molecule has 0 saturated carbocycles. The Bertz CT molecular complexity index is 739. The van der Waals surface area contributed by atoms with Crippen molar-refractivity contribution in [3.63, 3.8) is 0 Å². The normalized spacial score (nSPS) is 11.2. The summed E-state index contributed by atoms with van der Waals surface area (Å²) in [5.74, 6) is 0.616. The molecule has 0 radical (unpaired) electrons. The summed E-state index contributed by atoms with van der Waals surface area (Å²) in [6.07, 6.45) is 0.546. The number of aliphatic hydroxyl groups excluding tert-OH is 1. The van der Waals surface area contributed by atoms with Gasteiger partial charge in [0.1, 0.15) is 5.75 Å². The molecule has 2 aromatic rings. The molecule has 6 heteroatoms. The van der Waals surface area contributed by atoms with Crippen molar-refractivity contribution in [2.75, 3.05) is 18.4 Å². The van der Waals surface area contributed by atoms with Crippen molar-refractivity contribution in [1.29, 1.82) is 0 Å². The first-order chi connectivity index (χ1) is 10.5. The molecule has 0 heterocycles. The van der Waals surface area contributed by atoms with Gasteiger partial charge in [0.2, 0.25) is 0 Å². The molecule has 0 aliphatic carbocycles. The Balaban J connectivity index is 2.23. The van der Waals surface area contributed by atoms with Crippen molar-refractivity contribution in [2.24, 2.45) is 0 Å². The lowest BCUT2D eigenvalue weighted by Crippen LogP contribution is -2.14. The summed E-state index contributed by atoms with van der Waals surface area (Å²) in [6, 6.07) is 11.8. The maximum Gasteiger partial charge on any atom is 0.262 e. The van der Waals surface area contributed by atoms with Gasteiger partial charge in [0.25, 0.3) is 10.0 Å². The number of benzene rings is 2. The lowest BCUT2D eigenvalue weighted by atomic mass is 10.1. The van der Waals surface area contributed by atoms with Crippen molar-refractivity contribution in [1.82, 2.24) is 0 Å². The van der Waals surface area contributed by atoms with Crippen LogP contribution in [0.15, 0.2) is 47.4 Å². The first-order valence-corrected chi connectivity index (χ1v) is 8.32. The summed E-state index contributed by atoms with van der Waals surface area (Å²) in [5, 5.41) is 8.88. The van der Waals surface area contributed by atoms with Crippen LogP contribution in [0.5, 0.6) is 5.75 Å². The van der Waals surface area contributed by atoms with E-state index in [9.17, 15) is 8.42 Å². The van der Waals surface area contributed by atoms with Crippen molar-refractivity contribution >= 4 is 15.7 Å². The highest BCUT2D eigenvalue weighted by Gasteiger charge is 2.17. The average Bonchev–Trinajstić information content (AvgIpc) is 2.48. The standard InChI is InChI=1S/C16H19NO4S/c1-12-11-15(21-2)7-8-16(12)22(19,20)17-14-5-3-13(4-6-14)9-10-18/h3-8,11,17-18H,9-10H2,1-2H3. The van der Waals surface area contributed by atoms with E-state index in [2.05, 4.69) is 4.72 Å². The number of anilines is 1. The van der Waals surface area contributed by atoms with Gasteiger partial charge in [0.15, 0.2) is 0 Å². The van der Waals surface area contributed by atoms with Gasteiger partial charge in [-0.1, -0.05) is 12.1 Å². The van der Waals surface area contributed by atoms with E-state index in [1.165, 1.54) is 13.2 Å². The minimum atomic E-state index is -3.65. The second-order valence-corrected chi connectivity index (χ2v) is 6.56. The van der Waals surface area contributed by atoms with Gasteiger partial charge >= 0.3 is 0 Å². The zero-order valence-electron chi connectivity index (χ0n) is 12.5. The molecule has 0 bridgehead atoms. The van der Waals surface area contributed by atoms with Crippen LogP contribution in [0.4, 0.5) is 5.69 Å². The SMILES string of the molecule is COc1ccc(S(=O)(=O)Nc2ccc(CCO)cc2)c(C)c1. The third kappa shape index (κ3) is 3.78. The van der Waals surface area contributed by atoms with Crippen LogP contribution >= 0.6 is 0 Å². The molecule has 0 amide bonds. The molecule has 0 aliphatic heterocycles. The van der Waals surface area contributed by atoms with Crippen molar-refractivity contribution < 1.29 is 18.3 Å². The van der Waals surface area contributed by atoms with Gasteiger partial charge in [-0.15, -0.1) is 0 Å². The Morgan fingerprint density at radius 2 is 1.82 bits per heavy atom. The number of rotatable bonds is 6. The maximum atomic E-state index is 12.4. The van der Waals surface area contributed by atoms with E-state index in [1.807, 2.05) is 0 Å². The lowest BCUT2D eigenvalue weighted by molar-refractivity contribution is 0.299. The molecular weight excluding hydrogens is 302 g/mol. The van der Waals surface area contributed by atoms with Crippen molar-refractivity contribution in [3.05, 3.63) is 53.6 Å². The van der Waals surface area contributed by atoms with E-state index in [4.69, 9.17) is 9.84 Å². The zero-order chi connectivity index (χ0) is 16.2. The fourth-order valence-electron chi connectivity index (χ4n) is 2.13. The minimum absolute atomic E-state index is 0.0656. The number of aryl methyl sites for hydroxylation is 1. The minimum Gasteiger partial charge on any atom is -0.497 e. The quantitative estimate of drug-likeness (QED) is 0.856. The highest BCUT2D eigenvalue weighted by molar-refractivity contribution is 7.92. The van der Waals surface area contributed by atoms with E-state index in [0.29, 0.717) is 23.4 Å². The van der Waals surface area contributed by atoms with Crippen LogP contribution in [-0.4, -0.2) is 27.2 Å². The first-order valence-electron chi connectivity index (χ1n) is 6.83. The molecule has 2 N–H and O–H groups in total. The van der Waals surface area contributed by atoms with Crippen LogP contribution in [0.3, 0.4) is 0 Å². The van der Waals surface area contributed by atoms with Gasteiger partial charge in [0.05, 0.1) is 12.0 Å². The van der Waals surface area contributed by atoms with Gasteiger partial charge in [0, 0.05) is 12.3 Å². The van der Waals surface area contributed by atoms with E-state index in [-0.39, 0.29) is 11.5 Å². The fraction of sp³-hybridized carbons (Fsp3) is 0.250. The van der Waals surface area contributed by atoms with Crippen LogP contribution in [0.1, 0.15) is 11.1 Å². The van der Waals surface area contributed by atoms with Crippen LogP contribution in [0.25, 0.3) is 0 Å². The molecule has 2 rings (SSSR count). The van der Waals surface area contributed by atoms with Crippen LogP contribution < -0.4 is 9.46 Å². The average molecular weight is 321 g/mol. The van der Waals surface area contributed by atoms with Gasteiger partial charge in [-0.25, -0.2) is 8.42 Å². The molecule has 0 unspecified atom stereocenters. The molecule has 2 aromatic carbocycles. The predicted octanol–water partition coefficient (Wildman–Crippen LogP) is 2.34. The second-order valence-electron chi connectivity index (χ2n) is 4.91. The fourth-order valence-corrected chi connectivity index (χ4v) is 3.42. The Morgan fingerprint density at radius 3 is 2.36 bits per heavy atom. The molecule has 118 valence electrons. The molecule has 0 aliphatic rings. The third-order valence-electron chi connectivity index (χ3n) is 3.28. The van der Waals surface area contributed by atoms with Gasteiger partial charge in [-0.2, -0.15) is 0 Å². The van der Waals surface area contributed by atoms with Gasteiger partial charge in [-0.3, -0.25) is 4.72 Å². The number of sulfonamides is 1. The van der Waals surface area contributed by atoms with Crippen LogP contribution in [0.2, 0.25) is 0 Å². The smallest absolute Gasteiger partial charge is 0.262 e. The van der Waals surface area contributed by atoms with E-state index >= 15 is 0 Å². The first kappa shape index (κ1) is 16.3. The molecule has 0 aromatic heterocycles. The topological polar surface area (TPSA) is 75.6 Å². The maximum absolute atomic E-state index is 12.4. The summed E-state index contributed by atoms with van der Waals surface area (Å²) in [6.45, 7) is 1.79. The zero-order valence-corrected chi connectivity index (χ0v) is 13.4. The molecular formula is C16H19NO4S. The molecule has 5 nitrogen and oxygen atoms in total. The van der Waals surface area contributed by atoms with Gasteiger partial charge in [-0.05, 0) is 54.8 Å². The van der Waals surface area contributed by atoms with Crippen LogP contribution in [0, 0.1) is 6.92 Å². The summed E-state index contributed by atoms with van der Waals surface area (Å²) < 4.78 is 32.5. The Labute approximate surface area is 130 Å². The van der Waals surface area contributed by atoms with Crippen LogP contribution in [-0.2, 0) is 16.4 Å². The van der Waals surface area contributed by atoms with E-state index in [0.717, 1.165) is 5.56 Å². The number of ether oxygens (including phenoxy) is 1. The molecule has 0 fully saturated rings. The van der Waals surface area contributed by atoms with E-state index in [1.54, 1.807) is 43.3 Å². The largest absolute Gasteiger partial charge is 0.497 e. The number of nitrogens with one attached hydrogen (secondary N) is 1. The molecule has 0 atom stereocenters. The van der Waals surface area contributed by atoms with Gasteiger partial charge < -0.3 is 9.84 Å². The summed E-state index contributed by atoms with van der Waals surface area (Å²) in [5.41, 5.74) is 2.05. The number of aliphatic hydroxyl groups is 1. The Kier molecular flexibility index (Phi) is 5.05. The highest BCUT2D eigenvalue weighted by Crippen LogP contribution is 2.23.